The Bertz CT molecular complexity index is 1830. The third-order valence-electron chi connectivity index (χ3n) is 6.84. The predicted molar refractivity (Wildman–Crippen MR) is 135 cm³/mol. The minimum atomic E-state index is -2.90. The fourth-order valence-corrected chi connectivity index (χ4v) is 5.06. The van der Waals surface area contributed by atoms with Gasteiger partial charge in [0.1, 0.15) is 18.2 Å². The first-order valence-corrected chi connectivity index (χ1v) is 11.0. The van der Waals surface area contributed by atoms with Gasteiger partial charge in [0.25, 0.3) is 0 Å². The summed E-state index contributed by atoms with van der Waals surface area (Å²) < 4.78 is 68.0. The van der Waals surface area contributed by atoms with Crippen molar-refractivity contribution in [1.82, 2.24) is 4.98 Å². The van der Waals surface area contributed by atoms with Gasteiger partial charge in [-0.1, -0.05) is 57.9 Å². The average molecular weight is 441 g/mol. The fraction of sp³-hybridized carbons (Fsp3) is 0.267. The lowest BCUT2D eigenvalue weighted by atomic mass is 9.85. The van der Waals surface area contributed by atoms with Gasteiger partial charge in [-0.25, -0.2) is 4.57 Å². The van der Waals surface area contributed by atoms with Crippen molar-refractivity contribution in [3.8, 4) is 22.4 Å². The molecule has 0 saturated carbocycles. The number of pyridine rings is 2. The number of aromatic nitrogens is 2. The topological polar surface area (TPSA) is 29.9 Å². The van der Waals surface area contributed by atoms with Crippen LogP contribution in [0.2, 0.25) is 0 Å². The fourth-order valence-electron chi connectivity index (χ4n) is 5.06. The number of nitrogens with zero attached hydrogens (tertiary/aromatic N) is 2. The first-order valence-electron chi connectivity index (χ1n) is 14.5. The quantitative estimate of drug-likeness (QED) is 0.271. The first kappa shape index (κ1) is 13.9. The van der Waals surface area contributed by atoms with Gasteiger partial charge in [-0.3, -0.25) is 4.98 Å². The van der Waals surface area contributed by atoms with Crippen LogP contribution in [0.5, 0.6) is 0 Å². The molecule has 0 atom stereocenters. The van der Waals surface area contributed by atoms with Crippen molar-refractivity contribution in [3.05, 3.63) is 83.3 Å². The van der Waals surface area contributed by atoms with Gasteiger partial charge in [-0.15, -0.1) is 0 Å². The molecule has 1 aliphatic carbocycles. The lowest BCUT2D eigenvalue weighted by Gasteiger charge is -2.19. The maximum absolute atomic E-state index is 8.57. The van der Waals surface area contributed by atoms with E-state index in [0.717, 1.165) is 33.2 Å². The van der Waals surface area contributed by atoms with Crippen LogP contribution in [0.25, 0.3) is 44.3 Å². The van der Waals surface area contributed by atoms with Crippen LogP contribution in [0.1, 0.15) is 65.4 Å². The number of fused-ring (bicyclic) bond motifs is 7. The van der Waals surface area contributed by atoms with Crippen molar-refractivity contribution in [3.63, 3.8) is 0 Å². The van der Waals surface area contributed by atoms with Crippen LogP contribution in [0.15, 0.2) is 65.3 Å². The molecule has 0 bridgehead atoms. The second kappa shape index (κ2) is 6.77. The van der Waals surface area contributed by atoms with Crippen molar-refractivity contribution < 1.29 is 18.6 Å². The van der Waals surface area contributed by atoms with E-state index in [9.17, 15) is 0 Å². The summed E-state index contributed by atoms with van der Waals surface area (Å²) in [5.41, 5.74) is 3.42. The van der Waals surface area contributed by atoms with E-state index in [0.29, 0.717) is 22.3 Å². The molecular weight excluding hydrogens is 404 g/mol. The second-order valence-electron chi connectivity index (χ2n) is 9.16. The van der Waals surface area contributed by atoms with Crippen LogP contribution >= 0.6 is 0 Å². The molecule has 3 aromatic heterocycles. The van der Waals surface area contributed by atoms with Crippen LogP contribution in [0.4, 0.5) is 0 Å². The Balaban J connectivity index is 1.75. The summed E-state index contributed by atoms with van der Waals surface area (Å²) in [7, 11) is 1.94. The predicted octanol–water partition coefficient (Wildman–Crippen LogP) is 7.21. The van der Waals surface area contributed by atoms with Gasteiger partial charge in [-0.05, 0) is 35.6 Å². The maximum atomic E-state index is 8.57. The summed E-state index contributed by atoms with van der Waals surface area (Å²) in [5.74, 6) is -0.801. The van der Waals surface area contributed by atoms with Gasteiger partial charge in [0.15, 0.2) is 6.20 Å². The summed E-state index contributed by atoms with van der Waals surface area (Å²) in [5, 5.41) is 1.59. The minimum Gasteiger partial charge on any atom is -0.454 e. The highest BCUT2D eigenvalue weighted by molar-refractivity contribution is 6.14. The SMILES string of the molecule is [2H]C(C)(C)c1cc[n+](C)c(-c2c(C)ccc3c2oc2c4c(ccc23)C(C([2H])([2H])[2H])(C([2H])([2H])[2H])c2ncccc2-4)c1. The summed E-state index contributed by atoms with van der Waals surface area (Å²) >= 11 is 0. The van der Waals surface area contributed by atoms with Crippen molar-refractivity contribution in [2.75, 3.05) is 0 Å². The van der Waals surface area contributed by atoms with Crippen LogP contribution < -0.4 is 4.57 Å². The highest BCUT2D eigenvalue weighted by Crippen LogP contribution is 2.52. The molecule has 0 spiro atoms. The smallest absolute Gasteiger partial charge is 0.216 e. The number of benzene rings is 2. The number of furan rings is 1. The van der Waals surface area contributed by atoms with Crippen LogP contribution in [-0.2, 0) is 12.5 Å². The molecule has 6 rings (SSSR count). The third kappa shape index (κ3) is 2.68. The monoisotopic (exact) mass is 440 g/mol. The number of rotatable bonds is 2. The lowest BCUT2D eigenvalue weighted by molar-refractivity contribution is -0.660. The zero-order valence-electron chi connectivity index (χ0n) is 26.1. The molecule has 0 N–H and O–H groups in total. The molecule has 33 heavy (non-hydrogen) atoms. The Kier molecular flexibility index (Phi) is 2.86. The second-order valence-corrected chi connectivity index (χ2v) is 9.16. The Morgan fingerprint density at radius 3 is 2.55 bits per heavy atom. The van der Waals surface area contributed by atoms with E-state index in [4.69, 9.17) is 14.0 Å². The zero-order chi connectivity index (χ0) is 29.0. The highest BCUT2D eigenvalue weighted by atomic mass is 16.3. The molecule has 5 aromatic rings. The molecule has 3 heterocycles. The van der Waals surface area contributed by atoms with Gasteiger partial charge < -0.3 is 4.42 Å². The molecule has 0 radical (unpaired) electrons. The molecule has 0 fully saturated rings. The van der Waals surface area contributed by atoms with Crippen molar-refractivity contribution in [2.24, 2.45) is 7.05 Å². The van der Waals surface area contributed by atoms with Gasteiger partial charge >= 0.3 is 0 Å². The van der Waals surface area contributed by atoms with Crippen LogP contribution in [0.3, 0.4) is 0 Å². The Hall–Kier alpha value is -3.46. The van der Waals surface area contributed by atoms with E-state index in [1.54, 1.807) is 24.3 Å². The van der Waals surface area contributed by atoms with E-state index in [2.05, 4.69) is 4.98 Å². The standard InChI is InChI=1S/C30H29N2O/c1-17(2)19-13-15-32(6)24(16-19)25-18(3)9-10-20-21-11-12-23-26(28(21)33-27(20)25)22-8-7-14-31-29(22)30(23,4)5/h7-17H,1-6H3/q+1/i4D3,5D3,17D. The minimum absolute atomic E-state index is 0.0196. The maximum Gasteiger partial charge on any atom is 0.216 e. The first-order chi connectivity index (χ1) is 18.6. The zero-order valence-corrected chi connectivity index (χ0v) is 19.1. The Labute approximate surface area is 204 Å². The summed E-state index contributed by atoms with van der Waals surface area (Å²) in [4.78, 5) is 4.36. The molecule has 3 heteroatoms. The summed E-state index contributed by atoms with van der Waals surface area (Å²) in [6.45, 7) is -0.107. The number of aryl methyl sites for hydroxylation is 2. The molecule has 0 saturated heterocycles. The van der Waals surface area contributed by atoms with Crippen molar-refractivity contribution in [2.45, 2.75) is 45.8 Å². The summed E-state index contributed by atoms with van der Waals surface area (Å²) in [6, 6.07) is 14.7. The van der Waals surface area contributed by atoms with Gasteiger partial charge in [0.05, 0.1) is 11.3 Å². The molecule has 0 amide bonds. The molecule has 0 unspecified atom stereocenters. The van der Waals surface area contributed by atoms with Gasteiger partial charge in [-0.2, -0.15) is 0 Å². The van der Waals surface area contributed by atoms with Crippen molar-refractivity contribution >= 4 is 21.9 Å². The lowest BCUT2D eigenvalue weighted by Crippen LogP contribution is -2.31. The Morgan fingerprint density at radius 1 is 1.03 bits per heavy atom. The number of hydrogen-bond acceptors (Lipinski definition) is 2. The molecule has 164 valence electrons. The normalized spacial score (nSPS) is 18.5. The van der Waals surface area contributed by atoms with E-state index >= 15 is 0 Å². The van der Waals surface area contributed by atoms with Crippen molar-refractivity contribution in [1.29, 1.82) is 0 Å². The van der Waals surface area contributed by atoms with E-state index < -0.39 is 25.0 Å². The molecule has 3 nitrogen and oxygen atoms in total. The number of hydrogen-bond donors (Lipinski definition) is 0. The van der Waals surface area contributed by atoms with Crippen LogP contribution in [-0.4, -0.2) is 4.98 Å². The molecule has 2 aromatic carbocycles. The van der Waals surface area contributed by atoms with E-state index in [1.807, 2.05) is 62.8 Å². The molecule has 0 aliphatic heterocycles. The van der Waals surface area contributed by atoms with E-state index in [-0.39, 0.29) is 11.3 Å². The average Bonchev–Trinajstić information content (AvgIpc) is 3.37. The largest absolute Gasteiger partial charge is 0.454 e. The van der Waals surface area contributed by atoms with Gasteiger partial charge in [0.2, 0.25) is 5.69 Å². The summed E-state index contributed by atoms with van der Waals surface area (Å²) in [6.07, 6.45) is 3.37. The van der Waals surface area contributed by atoms with Crippen LogP contribution in [0, 0.1) is 6.92 Å². The van der Waals surface area contributed by atoms with E-state index in [1.165, 1.54) is 6.20 Å². The molecular formula is C30H29N2O+. The third-order valence-corrected chi connectivity index (χ3v) is 6.84. The highest BCUT2D eigenvalue weighted by Gasteiger charge is 2.39. The van der Waals surface area contributed by atoms with Gasteiger partial charge in [0, 0.05) is 55.2 Å². The Morgan fingerprint density at radius 2 is 1.79 bits per heavy atom. The molecule has 1 aliphatic rings.